The van der Waals surface area contributed by atoms with Gasteiger partial charge in [-0.05, 0) is 49.2 Å². The van der Waals surface area contributed by atoms with Crippen molar-refractivity contribution in [2.24, 2.45) is 0 Å². The van der Waals surface area contributed by atoms with Gasteiger partial charge in [0.25, 0.3) is 5.91 Å². The van der Waals surface area contributed by atoms with Crippen LogP contribution in [-0.4, -0.2) is 81.3 Å². The average molecular weight is 546 g/mol. The largest absolute Gasteiger partial charge is 0.337 e. The van der Waals surface area contributed by atoms with Crippen LogP contribution in [0.25, 0.3) is 0 Å². The van der Waals surface area contributed by atoms with E-state index in [4.69, 9.17) is 4.98 Å². The molecule has 0 saturated carbocycles. The van der Waals surface area contributed by atoms with Gasteiger partial charge in [0.15, 0.2) is 5.82 Å². The molecule has 202 valence electrons. The molecule has 2 aromatic carbocycles. The molecule has 1 atom stereocenters. The lowest BCUT2D eigenvalue weighted by atomic mass is 10.1. The number of piperazine rings is 1. The highest BCUT2D eigenvalue weighted by atomic mass is 32.2. The topological polar surface area (TPSA) is 102 Å². The van der Waals surface area contributed by atoms with Gasteiger partial charge in [0, 0.05) is 50.9 Å². The van der Waals surface area contributed by atoms with Crippen LogP contribution in [-0.2, 0) is 14.5 Å². The molecule has 2 amide bonds. The number of carbonyl (C=O) groups is 2. The van der Waals surface area contributed by atoms with E-state index in [9.17, 15) is 13.8 Å². The molecular weight excluding hydrogens is 514 g/mol. The fourth-order valence-corrected chi connectivity index (χ4v) is 6.46. The Morgan fingerprint density at radius 3 is 2.51 bits per heavy atom. The highest BCUT2D eigenvalue weighted by Crippen LogP contribution is 2.38. The Balaban J connectivity index is 1.40. The van der Waals surface area contributed by atoms with Gasteiger partial charge in [0.1, 0.15) is 5.69 Å². The Labute approximate surface area is 228 Å². The van der Waals surface area contributed by atoms with Gasteiger partial charge in [-0.1, -0.05) is 24.3 Å². The molecule has 0 bridgehead atoms. The molecule has 2 aliphatic heterocycles. The lowest BCUT2D eigenvalue weighted by molar-refractivity contribution is -0.127. The summed E-state index contributed by atoms with van der Waals surface area (Å²) in [4.78, 5) is 40.0. The summed E-state index contributed by atoms with van der Waals surface area (Å²) < 4.78 is 15.6. The summed E-state index contributed by atoms with van der Waals surface area (Å²) in [6.45, 7) is 7.32. The van der Waals surface area contributed by atoms with Crippen molar-refractivity contribution in [1.29, 1.82) is 0 Å². The van der Waals surface area contributed by atoms with Crippen molar-refractivity contribution in [2.45, 2.75) is 11.8 Å². The normalized spacial score (nSPS) is 17.1. The summed E-state index contributed by atoms with van der Waals surface area (Å²) in [5, 5.41) is 3.21. The standard InChI is InChI=1S/C28H31N7O3S/c1-6-25(36)34-12-14-35(15-13-34)39(5,38)21-9-7-8-20(17-21)30-28-29-18-24-26(31-28)32(3)23-11-10-19(2)16-22(23)27(37)33(24)4/h6-11,16-18H,1,5,12-15H2,2-4H3,(H,29,30,31). The molecule has 5 rings (SSSR count). The number of benzene rings is 2. The number of carbonyl (C=O) groups excluding carboxylic acids is 2. The molecule has 39 heavy (non-hydrogen) atoms. The van der Waals surface area contributed by atoms with Crippen LogP contribution in [0.15, 0.2) is 66.2 Å². The first kappa shape index (κ1) is 26.4. The minimum absolute atomic E-state index is 0.128. The van der Waals surface area contributed by atoms with Crippen molar-refractivity contribution < 1.29 is 13.8 Å². The van der Waals surface area contributed by atoms with Crippen molar-refractivity contribution in [3.05, 3.63) is 72.4 Å². The van der Waals surface area contributed by atoms with Crippen molar-refractivity contribution in [2.75, 3.05) is 55.4 Å². The zero-order chi connectivity index (χ0) is 27.9. The smallest absolute Gasteiger partial charge is 0.260 e. The number of amides is 2. The Morgan fingerprint density at radius 1 is 1.05 bits per heavy atom. The van der Waals surface area contributed by atoms with Crippen molar-refractivity contribution in [3.63, 3.8) is 0 Å². The third-order valence-electron chi connectivity index (χ3n) is 7.08. The monoisotopic (exact) mass is 545 g/mol. The van der Waals surface area contributed by atoms with E-state index in [1.54, 1.807) is 41.2 Å². The molecule has 1 unspecified atom stereocenters. The Bertz CT molecular complexity index is 1580. The molecular formula is C28H31N7O3S. The van der Waals surface area contributed by atoms with E-state index >= 15 is 0 Å². The summed E-state index contributed by atoms with van der Waals surface area (Å²) in [5.41, 5.74) is 3.60. The summed E-state index contributed by atoms with van der Waals surface area (Å²) in [6.07, 6.45) is 2.92. The molecule has 1 aromatic heterocycles. The van der Waals surface area contributed by atoms with Gasteiger partial charge in [-0.3, -0.25) is 9.59 Å². The van der Waals surface area contributed by atoms with Crippen LogP contribution in [0.2, 0.25) is 0 Å². The molecule has 1 fully saturated rings. The molecule has 3 aromatic rings. The number of hydrogen-bond donors (Lipinski definition) is 1. The van der Waals surface area contributed by atoms with E-state index in [0.717, 1.165) is 11.3 Å². The van der Waals surface area contributed by atoms with Gasteiger partial charge in [0.2, 0.25) is 11.9 Å². The maximum absolute atomic E-state index is 13.8. The molecule has 1 N–H and O–H groups in total. The van der Waals surface area contributed by atoms with Gasteiger partial charge in [-0.2, -0.15) is 4.98 Å². The summed E-state index contributed by atoms with van der Waals surface area (Å²) in [7, 11) is 0.810. The van der Waals surface area contributed by atoms with Gasteiger partial charge < -0.3 is 20.0 Å². The highest BCUT2D eigenvalue weighted by Gasteiger charge is 2.29. The van der Waals surface area contributed by atoms with Crippen molar-refractivity contribution in [3.8, 4) is 0 Å². The van der Waals surface area contributed by atoms with Gasteiger partial charge in [-0.25, -0.2) is 13.5 Å². The average Bonchev–Trinajstić information content (AvgIpc) is 3.02. The number of fused-ring (bicyclic) bond motifs is 2. The van der Waals surface area contributed by atoms with Crippen LogP contribution in [0, 0.1) is 6.92 Å². The molecule has 3 heterocycles. The van der Waals surface area contributed by atoms with Crippen LogP contribution in [0.5, 0.6) is 0 Å². The highest BCUT2D eigenvalue weighted by molar-refractivity contribution is 7.98. The zero-order valence-corrected chi connectivity index (χ0v) is 23.1. The second kappa shape index (κ2) is 10.2. The number of nitrogens with zero attached hydrogens (tertiary/aromatic N) is 6. The molecule has 0 aliphatic carbocycles. The number of aromatic nitrogens is 2. The lowest BCUT2D eigenvalue weighted by Crippen LogP contribution is -2.50. The maximum Gasteiger partial charge on any atom is 0.260 e. The summed E-state index contributed by atoms with van der Waals surface area (Å²) in [6, 6.07) is 13.0. The van der Waals surface area contributed by atoms with E-state index in [-0.39, 0.29) is 11.8 Å². The number of rotatable bonds is 5. The quantitative estimate of drug-likeness (QED) is 0.388. The minimum Gasteiger partial charge on any atom is -0.337 e. The summed E-state index contributed by atoms with van der Waals surface area (Å²) in [5.74, 6) is 4.71. The maximum atomic E-state index is 13.8. The van der Waals surface area contributed by atoms with Crippen LogP contribution >= 0.6 is 0 Å². The van der Waals surface area contributed by atoms with Crippen molar-refractivity contribution >= 4 is 56.2 Å². The fraction of sp³-hybridized carbons (Fsp3) is 0.250. The molecule has 0 spiro atoms. The molecule has 0 radical (unpaired) electrons. The second-order valence-electron chi connectivity index (χ2n) is 9.60. The van der Waals surface area contributed by atoms with E-state index in [0.29, 0.717) is 59.8 Å². The first-order valence-corrected chi connectivity index (χ1v) is 14.2. The summed E-state index contributed by atoms with van der Waals surface area (Å²) >= 11 is 0. The first-order valence-electron chi connectivity index (χ1n) is 12.5. The molecule has 2 aliphatic rings. The van der Waals surface area contributed by atoms with Crippen LogP contribution < -0.4 is 15.1 Å². The predicted octanol–water partition coefficient (Wildman–Crippen LogP) is 3.21. The number of hydrogen-bond acceptors (Lipinski definition) is 7. The van der Waals surface area contributed by atoms with Gasteiger partial charge in [-0.15, -0.1) is 0 Å². The Morgan fingerprint density at radius 2 is 1.79 bits per heavy atom. The van der Waals surface area contributed by atoms with Crippen LogP contribution in [0.3, 0.4) is 0 Å². The third-order valence-corrected chi connectivity index (χ3v) is 9.27. The van der Waals surface area contributed by atoms with Gasteiger partial charge >= 0.3 is 0 Å². The Kier molecular flexibility index (Phi) is 6.87. The SMILES string of the molecule is C=CC(=O)N1CCN(S(=C)(=O)c2cccc(Nc3ncc4c(n3)N(C)c3ccc(C)cc3C(=O)N4C)c2)CC1. The number of aryl methyl sites for hydroxylation is 1. The number of nitrogens with one attached hydrogen (secondary N) is 1. The van der Waals surface area contributed by atoms with Gasteiger partial charge in [0.05, 0.1) is 27.2 Å². The van der Waals surface area contributed by atoms with Crippen molar-refractivity contribution in [1.82, 2.24) is 19.2 Å². The third kappa shape index (κ3) is 4.86. The second-order valence-corrected chi connectivity index (χ2v) is 11.9. The lowest BCUT2D eigenvalue weighted by Gasteiger charge is -2.35. The minimum atomic E-state index is -2.77. The fourth-order valence-electron chi connectivity index (χ4n) is 4.81. The predicted molar refractivity (Wildman–Crippen MR) is 156 cm³/mol. The van der Waals surface area contributed by atoms with E-state index in [2.05, 4.69) is 22.8 Å². The van der Waals surface area contributed by atoms with E-state index < -0.39 is 9.71 Å². The van der Waals surface area contributed by atoms with E-state index in [1.165, 1.54) is 6.08 Å². The zero-order valence-electron chi connectivity index (χ0n) is 22.3. The van der Waals surface area contributed by atoms with Crippen LogP contribution in [0.1, 0.15) is 15.9 Å². The van der Waals surface area contributed by atoms with Crippen LogP contribution in [0.4, 0.5) is 28.8 Å². The number of anilines is 5. The van der Waals surface area contributed by atoms with E-state index in [1.807, 2.05) is 47.4 Å². The Hall–Kier alpha value is -4.22. The molecule has 1 saturated heterocycles. The molecule has 11 heteroatoms. The first-order chi connectivity index (χ1) is 18.6. The molecule has 10 nitrogen and oxygen atoms in total.